The van der Waals surface area contributed by atoms with Crippen molar-refractivity contribution < 1.29 is 53.6 Å². The molecular weight excluding hydrogens is 1170 g/mol. The zero-order chi connectivity index (χ0) is 62.2. The molecule has 0 spiro atoms. The Bertz CT molecular complexity index is 4610. The van der Waals surface area contributed by atoms with Gasteiger partial charge in [0.15, 0.2) is 5.78 Å². The maximum atomic E-state index is 14.2. The molecule has 0 aliphatic heterocycles. The Kier molecular flexibility index (Phi) is 16.5. The molecule has 1 N–H and O–H groups in total. The van der Waals surface area contributed by atoms with Crippen LogP contribution in [0.3, 0.4) is 0 Å². The van der Waals surface area contributed by atoms with Gasteiger partial charge in [0.05, 0.1) is 30.0 Å². The molecule has 2 atom stereocenters. The summed E-state index contributed by atoms with van der Waals surface area (Å²) in [4.78, 5) is 32.4. The van der Waals surface area contributed by atoms with Gasteiger partial charge in [0.1, 0.15) is 23.0 Å². The molecule has 1 heterocycles. The van der Waals surface area contributed by atoms with Crippen LogP contribution in [0.2, 0.25) is 0 Å². The second-order valence-corrected chi connectivity index (χ2v) is 28.5. The summed E-state index contributed by atoms with van der Waals surface area (Å²) in [5.74, 6) is 1.31. The predicted octanol–water partition coefficient (Wildman–Crippen LogP) is 16.1. The summed E-state index contributed by atoms with van der Waals surface area (Å²) in [5.41, 5.74) is 5.78. The lowest BCUT2D eigenvalue weighted by Crippen LogP contribution is -2.41. The summed E-state index contributed by atoms with van der Waals surface area (Å²) in [6.45, 7) is 10.6. The zero-order valence-electron chi connectivity index (χ0n) is 48.7. The van der Waals surface area contributed by atoms with Gasteiger partial charge < -0.3 is 14.2 Å². The summed E-state index contributed by atoms with van der Waals surface area (Å²) in [6, 6.07) is 61.9. The van der Waals surface area contributed by atoms with E-state index < -0.39 is 46.4 Å². The van der Waals surface area contributed by atoms with Gasteiger partial charge in [-0.2, -0.15) is 8.42 Å². The van der Waals surface area contributed by atoms with Gasteiger partial charge in [0.2, 0.25) is 25.6 Å². The van der Waals surface area contributed by atoms with Crippen LogP contribution in [0.15, 0.2) is 255 Å². The molecule has 16 heteroatoms. The first-order valence-electron chi connectivity index (χ1n) is 28.4. The van der Waals surface area contributed by atoms with Gasteiger partial charge in [-0.1, -0.05) is 123 Å². The molecule has 0 saturated heterocycles. The molecule has 1 aromatic heterocycles. The summed E-state index contributed by atoms with van der Waals surface area (Å²) >= 11 is 0. The molecule has 11 rings (SSSR count). The summed E-state index contributed by atoms with van der Waals surface area (Å²) in [7, 11) is -12.3. The third-order valence-electron chi connectivity index (χ3n) is 15.9. The highest BCUT2D eigenvalue weighted by Crippen LogP contribution is 2.54. The van der Waals surface area contributed by atoms with Crippen LogP contribution >= 0.6 is 0 Å². The fraction of sp³-hybridized carbons (Fsp3) is 0.153. The van der Waals surface area contributed by atoms with Crippen LogP contribution in [0, 0.1) is 25.2 Å². The zero-order valence-corrected chi connectivity index (χ0v) is 51.2. The third-order valence-corrected chi connectivity index (χ3v) is 20.4. The quantitative estimate of drug-likeness (QED) is 0.0514. The van der Waals surface area contributed by atoms with Gasteiger partial charge in [0.25, 0.3) is 10.1 Å². The number of hydrogen-bond acceptors (Lipinski definition) is 12. The largest absolute Gasteiger partial charge is 0.457 e. The van der Waals surface area contributed by atoms with Gasteiger partial charge in [-0.3, -0.25) is 9.35 Å². The van der Waals surface area contributed by atoms with Crippen LogP contribution in [-0.4, -0.2) is 46.5 Å². The van der Waals surface area contributed by atoms with E-state index in [0.717, 1.165) is 47.6 Å². The maximum absolute atomic E-state index is 14.2. The Morgan fingerprint density at radius 1 is 0.489 bits per heavy atom. The van der Waals surface area contributed by atoms with E-state index in [1.807, 2.05) is 31.2 Å². The maximum Gasteiger partial charge on any atom is 0.345 e. The number of ether oxygens (including phenoxy) is 3. The number of pyridine rings is 1. The number of aryl methyl sites for hydroxylation is 2. The first-order chi connectivity index (χ1) is 41.9. The second-order valence-electron chi connectivity index (χ2n) is 23.2. The number of hydrogen-bond donors (Lipinski definition) is 1. The number of nitrogens with zero attached hydrogens (tertiary/aromatic N) is 1. The highest BCUT2D eigenvalue weighted by atomic mass is 32.2. The van der Waals surface area contributed by atoms with Crippen molar-refractivity contribution >= 4 is 41.5 Å². The van der Waals surface area contributed by atoms with Crippen molar-refractivity contribution in [3.63, 3.8) is 0 Å². The highest BCUT2D eigenvalue weighted by Gasteiger charge is 2.45. The van der Waals surface area contributed by atoms with Gasteiger partial charge in [-0.05, 0) is 205 Å². The minimum absolute atomic E-state index is 0.00549. The molecule has 1 aliphatic carbocycles. The Morgan fingerprint density at radius 3 is 1.48 bits per heavy atom. The fourth-order valence-electron chi connectivity index (χ4n) is 12.1. The van der Waals surface area contributed by atoms with Gasteiger partial charge in [-0.25, -0.2) is 26.6 Å². The average Bonchev–Trinajstić information content (AvgIpc) is 0.819. The number of carbonyl (C=O) groups is 2. The number of esters is 1. The fourth-order valence-corrected chi connectivity index (χ4v) is 15.1. The van der Waals surface area contributed by atoms with E-state index in [0.29, 0.717) is 51.2 Å². The van der Waals surface area contributed by atoms with Crippen molar-refractivity contribution in [3.05, 3.63) is 270 Å². The summed E-state index contributed by atoms with van der Waals surface area (Å²) in [5, 5.41) is 0. The lowest BCUT2D eigenvalue weighted by molar-refractivity contribution is 0.0728. The van der Waals surface area contributed by atoms with E-state index in [9.17, 15) is 39.4 Å². The number of aromatic nitrogens is 1. The minimum Gasteiger partial charge on any atom is -0.457 e. The topological polar surface area (TPSA) is 197 Å². The monoisotopic (exact) mass is 1230 g/mol. The van der Waals surface area contributed by atoms with Crippen LogP contribution in [0.25, 0.3) is 22.3 Å². The van der Waals surface area contributed by atoms with Gasteiger partial charge >= 0.3 is 5.97 Å². The lowest BCUT2D eigenvalue weighted by atomic mass is 9.55. The predicted molar refractivity (Wildman–Crippen MR) is 337 cm³/mol. The molecule has 9 aromatic carbocycles. The normalized spacial score (nSPS) is 15.9. The minimum atomic E-state index is -4.60. The molecule has 0 bridgehead atoms. The number of ketones is 1. The van der Waals surface area contributed by atoms with Gasteiger partial charge in [0, 0.05) is 28.8 Å². The van der Waals surface area contributed by atoms with E-state index in [1.54, 1.807) is 128 Å². The van der Waals surface area contributed by atoms with Crippen molar-refractivity contribution in [2.24, 2.45) is 11.3 Å². The van der Waals surface area contributed by atoms with E-state index in [1.165, 1.54) is 54.7 Å². The number of benzene rings is 9. The van der Waals surface area contributed by atoms with E-state index >= 15 is 0 Å². The average molecular weight is 1230 g/mol. The summed E-state index contributed by atoms with van der Waals surface area (Å²) < 4.78 is 107. The van der Waals surface area contributed by atoms with E-state index in [-0.39, 0.29) is 53.0 Å². The van der Waals surface area contributed by atoms with Crippen molar-refractivity contribution in [1.82, 2.24) is 4.98 Å². The molecule has 1 fully saturated rings. The van der Waals surface area contributed by atoms with Crippen molar-refractivity contribution in [2.75, 3.05) is 0 Å². The van der Waals surface area contributed by atoms with Crippen molar-refractivity contribution in [1.29, 1.82) is 0 Å². The smallest absolute Gasteiger partial charge is 0.345 e. The Balaban J connectivity index is 0.804. The number of rotatable bonds is 17. The lowest BCUT2D eigenvalue weighted by Gasteiger charge is -2.48. The van der Waals surface area contributed by atoms with E-state index in [4.69, 9.17) is 14.2 Å². The Morgan fingerprint density at radius 2 is 0.966 bits per heavy atom. The Labute approximate surface area is 512 Å². The molecule has 0 radical (unpaired) electrons. The first-order valence-corrected chi connectivity index (χ1v) is 32.8. The third kappa shape index (κ3) is 12.9. The first kappa shape index (κ1) is 60.4. The van der Waals surface area contributed by atoms with Crippen molar-refractivity contribution in [2.45, 2.75) is 83.8 Å². The highest BCUT2D eigenvalue weighted by molar-refractivity contribution is 7.91. The summed E-state index contributed by atoms with van der Waals surface area (Å²) in [6.07, 6.45) is 4.39. The van der Waals surface area contributed by atoms with Crippen LogP contribution in [-0.2, 0) is 35.2 Å². The van der Waals surface area contributed by atoms with Crippen LogP contribution < -0.4 is 14.2 Å². The molecule has 10 aromatic rings. The molecule has 1 aliphatic rings. The number of sulfone groups is 2. The molecule has 88 heavy (non-hydrogen) atoms. The molecule has 13 nitrogen and oxygen atoms in total. The second kappa shape index (κ2) is 24.1. The molecule has 2 unspecified atom stereocenters. The SMILES string of the molecule is Cc1ccc(S(=O)(=O)c2ccc(Oc3ccc(C4(c5ccc(Oc6ccc(S(=O)(=O)c7ccc(-c8ccc(-c9ccc(C)cc9C(=O)c9cccc(S(=O)(=O)O)c9)cc8C(=O)Oc8ccccn8)cc7)cc6)cc5)CC(C)CC(C)(C)C4)cc3)cc2)cc1. The van der Waals surface area contributed by atoms with Crippen LogP contribution in [0.1, 0.15) is 88.6 Å². The van der Waals surface area contributed by atoms with Crippen LogP contribution in [0.4, 0.5) is 0 Å². The molecule has 444 valence electrons. The van der Waals surface area contributed by atoms with Crippen molar-refractivity contribution in [3.8, 4) is 51.1 Å². The van der Waals surface area contributed by atoms with Crippen LogP contribution in [0.5, 0.6) is 28.9 Å². The molecule has 1 saturated carbocycles. The standard InChI is InChI=1S/C72H61NO12S3/c1-47-12-30-59(31-13-47)86(76,77)61-34-26-57(27-35-61)83-55-22-18-53(19-23-55)72(45-49(3)44-71(4,5)46-72)54-20-24-56(25-21-54)84-58-28-36-62(37-29-58)87(78,79)60-32-15-50(16-33-60)64-39-17-51(43-67(64)70(75)85-68-11-6-7-40-73-68)65-38-14-48(2)41-66(65)69(74)52-9-8-10-63(42-52)88(80,81)82/h6-43,49H,44-46H2,1-5H3,(H,80,81,82). The van der Waals surface area contributed by atoms with E-state index in [2.05, 4.69) is 50.0 Å². The molecule has 0 amide bonds. The number of carbonyl (C=O) groups excluding carboxylic acids is 2. The Hall–Kier alpha value is -9.32. The molecular formula is C72H61NO12S3. The van der Waals surface area contributed by atoms with Gasteiger partial charge in [-0.15, -0.1) is 0 Å².